The largest absolute Gasteiger partial charge is 0.472 e. The van der Waals surface area contributed by atoms with Crippen LogP contribution in [0.5, 0.6) is 0 Å². The lowest BCUT2D eigenvalue weighted by molar-refractivity contribution is -0.270. The van der Waals surface area contributed by atoms with Gasteiger partial charge in [0.15, 0.2) is 30.3 Å². The Morgan fingerprint density at radius 1 is 0.450 bits per heavy atom. The van der Waals surface area contributed by atoms with E-state index in [1.807, 2.05) is 0 Å². The summed E-state index contributed by atoms with van der Waals surface area (Å²) in [6.07, 6.45) is -14.5. The number of phosphoric ester groups is 5. The summed E-state index contributed by atoms with van der Waals surface area (Å²) < 4.78 is 177. The summed E-state index contributed by atoms with van der Waals surface area (Å²) in [7, 11) is -23.2. The minimum atomic E-state index is -5.31. The van der Waals surface area contributed by atoms with Gasteiger partial charge in [-0.3, -0.25) is 64.2 Å². The molecule has 3 amide bonds. The van der Waals surface area contributed by atoms with Crippen molar-refractivity contribution >= 4 is 73.8 Å². The number of aromatic nitrogens is 4. The first kappa shape index (κ1) is 105. The zero-order valence-corrected chi connectivity index (χ0v) is 71.4. The van der Waals surface area contributed by atoms with Crippen molar-refractivity contribution in [3.05, 3.63) is 12.7 Å². The maximum Gasteiger partial charge on any atom is 0.472 e. The van der Waals surface area contributed by atoms with E-state index in [0.29, 0.717) is 38.5 Å². The SMILES string of the molecule is COP(=O)(O)OC1C[C@H](n2cnc3c(N)ncnc32)O[C@@H]1COP(=O)(O)OCC(COCCCOP(=O)(O)OCCCCCCO[C@@H]1OC(CO)[C@H](O)C(O)[C@@H]1NC(C)=O)(COCCCOP(=O)(O)OCCCCCCO[C@@H]1OC(CO)[C@H](O)C(O)[C@@H]1NC(C)=O)COCCCOP(=O)(O)OCCCCO[C@@H]1OC(CO)[C@H](O)[C@H](O)C1NC(C)=O. The summed E-state index contributed by atoms with van der Waals surface area (Å²) in [5.41, 5.74) is 4.68. The molecule has 4 fully saturated rings. The number of aliphatic hydroxyl groups excluding tert-OH is 9. The van der Waals surface area contributed by atoms with Gasteiger partial charge in [-0.15, -0.1) is 0 Å². The van der Waals surface area contributed by atoms with Gasteiger partial charge in [0.25, 0.3) is 0 Å². The van der Waals surface area contributed by atoms with Crippen LogP contribution in [0.1, 0.15) is 117 Å². The number of ether oxygens (including phenoxy) is 10. The molecule has 0 saturated carbocycles. The van der Waals surface area contributed by atoms with Crippen LogP contribution in [0.2, 0.25) is 0 Å². The van der Waals surface area contributed by atoms with Gasteiger partial charge in [0, 0.05) is 73.9 Å². The second-order valence-electron chi connectivity index (χ2n) is 28.4. The Balaban J connectivity index is 1.07. The molecule has 50 nitrogen and oxygen atoms in total. The molecule has 4 aliphatic rings. The second-order valence-corrected chi connectivity index (χ2v) is 35.7. The fourth-order valence-electron chi connectivity index (χ4n) is 12.4. The van der Waals surface area contributed by atoms with Crippen LogP contribution in [0.4, 0.5) is 5.82 Å². The number of nitrogen functional groups attached to an aromatic ring is 1. The lowest BCUT2D eigenvalue weighted by atomic mass is 9.92. The van der Waals surface area contributed by atoms with Crippen LogP contribution in [0.15, 0.2) is 12.7 Å². The molecule has 4 saturated heterocycles. The molecule has 6 heterocycles. The lowest BCUT2D eigenvalue weighted by Crippen LogP contribution is -2.64. The molecule has 55 heteroatoms. The van der Waals surface area contributed by atoms with Crippen LogP contribution >= 0.6 is 39.1 Å². The minimum absolute atomic E-state index is 0.0179. The lowest BCUT2D eigenvalue weighted by Gasteiger charge is -2.42. The highest BCUT2D eigenvalue weighted by atomic mass is 31.2. The van der Waals surface area contributed by atoms with Gasteiger partial charge in [0.1, 0.15) is 103 Å². The van der Waals surface area contributed by atoms with Crippen molar-refractivity contribution in [2.24, 2.45) is 5.41 Å². The van der Waals surface area contributed by atoms with Crippen LogP contribution in [0.25, 0.3) is 11.2 Å². The quantitative estimate of drug-likeness (QED) is 0.0261. The number of anilines is 1. The summed E-state index contributed by atoms with van der Waals surface area (Å²) in [6, 6.07) is -3.46. The predicted molar refractivity (Wildman–Crippen MR) is 406 cm³/mol. The van der Waals surface area contributed by atoms with Gasteiger partial charge < -0.3 is 139 Å². The monoisotopic (exact) mass is 1840 g/mol. The Kier molecular flexibility index (Phi) is 46.3. The van der Waals surface area contributed by atoms with Gasteiger partial charge >= 0.3 is 39.1 Å². The van der Waals surface area contributed by atoms with Crippen molar-refractivity contribution in [2.75, 3.05) is 145 Å². The number of nitrogens with two attached hydrogens (primary N) is 1. The van der Waals surface area contributed by atoms with E-state index in [2.05, 4.69) is 35.4 Å². The standard InChI is InChI=1S/C65H119N8O42P5/c1-41(77)70-50-57(83)54(80)45(31-74)112-62(50)100-21-9-5-7-11-24-103-117(88,89)106-27-15-18-97-35-65(37-99-20-17-29-108-119(92,93)105-26-14-13-23-102-64-52(72-43(3)79)59(85)56(82)47(33-76)114-64,38-110-120(94,95)109-34-48-44(115-116(86,87)96-4)30-49(111-48)73-40-69-53-60(66)67-39-68-61(53)73)36-98-19-16-28-107-118(90,91)104-25-12-8-6-10-22-101-63-51(71-42(2)78)58(84)55(81)46(32-75)113-63/h39-40,44-52,54-59,62-64,74-76,80-85H,5-38H2,1-4H3,(H,70,77)(H,71,78)(H,72,79)(H,86,87)(H,88,89)(H,90,91)(H,92,93)(H,94,95)(H2,66,67,68)/t44?,45?,46?,47?,48-,49-,50+,51+,52?,54+,55+,56+,57?,58?,59-,62-,63-,64-,65?/m1/s1. The number of carbonyl (C=O) groups is 3. The molecule has 0 aromatic carbocycles. The molecule has 6 rings (SSSR count). The fraction of sp³-hybridized carbons (Fsp3) is 0.877. The highest BCUT2D eigenvalue weighted by Crippen LogP contribution is 2.51. The molecule has 0 aliphatic carbocycles. The molecule has 120 heavy (non-hydrogen) atoms. The third-order valence-electron chi connectivity index (χ3n) is 18.6. The summed E-state index contributed by atoms with van der Waals surface area (Å²) in [6.45, 7) is -4.30. The van der Waals surface area contributed by atoms with Gasteiger partial charge in [0.05, 0.1) is 104 Å². The number of unbranched alkanes of at least 4 members (excludes halogenated alkanes) is 7. The van der Waals surface area contributed by atoms with E-state index in [4.69, 9.17) is 93.8 Å². The number of carbonyl (C=O) groups excluding carboxylic acids is 3. The molecule has 19 N–H and O–H groups in total. The minimum Gasteiger partial charge on any atom is -0.394 e. The van der Waals surface area contributed by atoms with Crippen LogP contribution in [0.3, 0.4) is 0 Å². The number of hydrogen-bond acceptors (Lipinski definition) is 41. The number of phosphoric acid groups is 5. The first-order chi connectivity index (χ1) is 56.9. The Morgan fingerprint density at radius 3 is 1.17 bits per heavy atom. The maximum atomic E-state index is 14.1. The van der Waals surface area contributed by atoms with Crippen LogP contribution < -0.4 is 21.7 Å². The number of amides is 3. The number of fused-ring (bicyclic) bond motifs is 1. The highest BCUT2D eigenvalue weighted by Gasteiger charge is 2.50. The first-order valence-corrected chi connectivity index (χ1v) is 46.3. The number of imidazole rings is 1. The van der Waals surface area contributed by atoms with Crippen molar-refractivity contribution in [1.82, 2.24) is 35.5 Å². The molecule has 4 aliphatic heterocycles. The van der Waals surface area contributed by atoms with Crippen molar-refractivity contribution in [3.8, 4) is 0 Å². The molecule has 2 aromatic heterocycles. The summed E-state index contributed by atoms with van der Waals surface area (Å²) in [5.74, 6) is -1.60. The van der Waals surface area contributed by atoms with E-state index < -0.39 is 245 Å². The number of nitrogens with one attached hydrogen (secondary N) is 3. The van der Waals surface area contributed by atoms with E-state index in [0.717, 1.165) is 13.4 Å². The molecule has 0 bridgehead atoms. The van der Waals surface area contributed by atoms with Crippen LogP contribution in [-0.4, -0.2) is 351 Å². The van der Waals surface area contributed by atoms with Gasteiger partial charge in [-0.2, -0.15) is 0 Å². The molecule has 0 radical (unpaired) electrons. The van der Waals surface area contributed by atoms with Crippen molar-refractivity contribution in [3.63, 3.8) is 0 Å². The zero-order valence-electron chi connectivity index (χ0n) is 66.9. The van der Waals surface area contributed by atoms with E-state index in [-0.39, 0.29) is 128 Å². The van der Waals surface area contributed by atoms with E-state index in [1.165, 1.54) is 31.7 Å². The topological polar surface area (TPSA) is 710 Å². The Morgan fingerprint density at radius 2 is 0.800 bits per heavy atom. The number of nitrogens with zero attached hydrogens (tertiary/aromatic N) is 4. The van der Waals surface area contributed by atoms with E-state index in [9.17, 15) is 108 Å². The maximum absolute atomic E-state index is 14.1. The number of rotatable bonds is 62. The first-order valence-electron chi connectivity index (χ1n) is 38.8. The highest BCUT2D eigenvalue weighted by molar-refractivity contribution is 7.48. The van der Waals surface area contributed by atoms with E-state index in [1.54, 1.807) is 0 Å². The number of hydrogen-bond donors (Lipinski definition) is 18. The fourth-order valence-corrected chi connectivity index (χ4v) is 16.3. The molecule has 696 valence electrons. The average molecular weight is 1840 g/mol. The number of aliphatic hydroxyl groups is 9. The van der Waals surface area contributed by atoms with Crippen molar-refractivity contribution < 1.29 is 200 Å². The average Bonchev–Trinajstić information content (AvgIpc) is 1.61. The van der Waals surface area contributed by atoms with Gasteiger partial charge in [-0.1, -0.05) is 25.7 Å². The van der Waals surface area contributed by atoms with Gasteiger partial charge in [0.2, 0.25) is 17.7 Å². The third-order valence-corrected chi connectivity index (χ3v) is 23.6. The molecular formula is C65H119N8O42P5. The van der Waals surface area contributed by atoms with E-state index >= 15 is 0 Å². The van der Waals surface area contributed by atoms with Gasteiger partial charge in [-0.05, 0) is 57.8 Å². The Labute approximate surface area is 691 Å². The molecule has 0 spiro atoms. The third kappa shape index (κ3) is 36.4. The zero-order chi connectivity index (χ0) is 88.3. The van der Waals surface area contributed by atoms with Crippen LogP contribution in [-0.2, 0) is 130 Å². The van der Waals surface area contributed by atoms with Crippen molar-refractivity contribution in [1.29, 1.82) is 0 Å². The summed E-state index contributed by atoms with van der Waals surface area (Å²) >= 11 is 0. The van der Waals surface area contributed by atoms with Crippen molar-refractivity contribution in [2.45, 2.75) is 221 Å². The Bertz CT molecular complexity index is 3500. The molecule has 23 atom stereocenters. The summed E-state index contributed by atoms with van der Waals surface area (Å²) in [5, 5.41) is 98.7. The smallest absolute Gasteiger partial charge is 0.394 e. The molecular weight excluding hydrogens is 1720 g/mol. The molecule has 2 aromatic rings. The predicted octanol–water partition coefficient (Wildman–Crippen LogP) is -1.65. The second kappa shape index (κ2) is 52.7. The summed E-state index contributed by atoms with van der Waals surface area (Å²) in [4.78, 5) is 101. The Hall–Kier alpha value is -3.45. The van der Waals surface area contributed by atoms with Crippen LogP contribution in [0, 0.1) is 5.41 Å². The molecule has 12 unspecified atom stereocenters. The van der Waals surface area contributed by atoms with Gasteiger partial charge in [-0.25, -0.2) is 37.8 Å². The normalized spacial score (nSPS) is 29.1.